The SMILES string of the molecule is CCC1(C)C(=O)CC1Oc1ccc(Cl)cc1[N+](=O)[O-]. The number of nitro benzene ring substituents is 1. The number of ketones is 1. The van der Waals surface area contributed by atoms with E-state index in [1.54, 1.807) is 0 Å². The molecule has 0 bridgehead atoms. The van der Waals surface area contributed by atoms with E-state index >= 15 is 0 Å². The molecule has 1 aliphatic carbocycles. The van der Waals surface area contributed by atoms with E-state index in [0.717, 1.165) is 0 Å². The van der Waals surface area contributed by atoms with Crippen LogP contribution in [0.25, 0.3) is 0 Å². The predicted molar refractivity (Wildman–Crippen MR) is 70.5 cm³/mol. The fraction of sp³-hybridized carbons (Fsp3) is 0.462. The summed E-state index contributed by atoms with van der Waals surface area (Å²) < 4.78 is 5.65. The van der Waals surface area contributed by atoms with Gasteiger partial charge in [0.05, 0.1) is 10.3 Å². The average molecular weight is 284 g/mol. The molecule has 1 fully saturated rings. The number of nitrogens with zero attached hydrogens (tertiary/aromatic N) is 1. The van der Waals surface area contributed by atoms with Crippen LogP contribution in [0.5, 0.6) is 5.75 Å². The summed E-state index contributed by atoms with van der Waals surface area (Å²) in [6.07, 6.45) is 0.632. The lowest BCUT2D eigenvalue weighted by molar-refractivity contribution is -0.386. The van der Waals surface area contributed by atoms with Gasteiger partial charge in [-0.05, 0) is 25.5 Å². The summed E-state index contributed by atoms with van der Waals surface area (Å²) in [5.74, 6) is 0.295. The second kappa shape index (κ2) is 4.81. The molecule has 0 aliphatic heterocycles. The van der Waals surface area contributed by atoms with Crippen LogP contribution in [0.15, 0.2) is 18.2 Å². The molecule has 1 saturated carbocycles. The van der Waals surface area contributed by atoms with Gasteiger partial charge in [0, 0.05) is 17.5 Å². The van der Waals surface area contributed by atoms with Crippen molar-refractivity contribution < 1.29 is 14.5 Å². The summed E-state index contributed by atoms with van der Waals surface area (Å²) >= 11 is 5.74. The van der Waals surface area contributed by atoms with Gasteiger partial charge in [-0.1, -0.05) is 18.5 Å². The quantitative estimate of drug-likeness (QED) is 0.627. The molecule has 102 valence electrons. The number of hydrogen-bond donors (Lipinski definition) is 0. The zero-order chi connectivity index (χ0) is 14.2. The highest BCUT2D eigenvalue weighted by Crippen LogP contribution is 2.44. The topological polar surface area (TPSA) is 69.4 Å². The lowest BCUT2D eigenvalue weighted by Gasteiger charge is -2.44. The van der Waals surface area contributed by atoms with Crippen LogP contribution in [0.4, 0.5) is 5.69 Å². The Morgan fingerprint density at radius 3 is 2.79 bits per heavy atom. The van der Waals surface area contributed by atoms with Crippen molar-refractivity contribution in [3.63, 3.8) is 0 Å². The molecule has 1 aromatic carbocycles. The molecule has 1 aliphatic rings. The maximum Gasteiger partial charge on any atom is 0.312 e. The van der Waals surface area contributed by atoms with Gasteiger partial charge in [-0.2, -0.15) is 0 Å². The van der Waals surface area contributed by atoms with Crippen LogP contribution in [-0.2, 0) is 4.79 Å². The summed E-state index contributed by atoms with van der Waals surface area (Å²) in [5.41, 5.74) is -0.724. The fourth-order valence-electron chi connectivity index (χ4n) is 2.16. The van der Waals surface area contributed by atoms with Crippen LogP contribution >= 0.6 is 11.6 Å². The summed E-state index contributed by atoms with van der Waals surface area (Å²) in [4.78, 5) is 22.0. The maximum atomic E-state index is 11.6. The van der Waals surface area contributed by atoms with Crippen molar-refractivity contribution in [1.29, 1.82) is 0 Å². The molecule has 1 aromatic rings. The van der Waals surface area contributed by atoms with Gasteiger partial charge in [-0.3, -0.25) is 14.9 Å². The van der Waals surface area contributed by atoms with E-state index in [1.165, 1.54) is 18.2 Å². The third-order valence-corrected chi connectivity index (χ3v) is 4.07. The molecule has 0 saturated heterocycles. The lowest BCUT2D eigenvalue weighted by Crippen LogP contribution is -2.54. The Bertz CT molecular complexity index is 545. The van der Waals surface area contributed by atoms with Gasteiger partial charge in [-0.15, -0.1) is 0 Å². The van der Waals surface area contributed by atoms with Crippen molar-refractivity contribution >= 4 is 23.1 Å². The first-order valence-electron chi connectivity index (χ1n) is 6.02. The minimum absolute atomic E-state index is 0.136. The predicted octanol–water partition coefficient (Wildman–Crippen LogP) is 3.38. The number of Topliss-reactive ketones (excluding diaryl/α,β-unsaturated/α-hetero) is 1. The van der Waals surface area contributed by atoms with Crippen molar-refractivity contribution in [2.75, 3.05) is 0 Å². The first-order chi connectivity index (χ1) is 8.88. The zero-order valence-electron chi connectivity index (χ0n) is 10.7. The van der Waals surface area contributed by atoms with Crippen molar-refractivity contribution in [3.8, 4) is 5.75 Å². The zero-order valence-corrected chi connectivity index (χ0v) is 11.4. The standard InChI is InChI=1S/C13H14ClNO4/c1-3-13(2)11(16)7-12(13)19-10-5-4-8(14)6-9(10)15(17)18/h4-6,12H,3,7H2,1-2H3. The van der Waals surface area contributed by atoms with E-state index in [-0.39, 0.29) is 28.3 Å². The lowest BCUT2D eigenvalue weighted by atomic mass is 9.64. The minimum atomic E-state index is -0.548. The highest BCUT2D eigenvalue weighted by Gasteiger charge is 2.52. The molecule has 0 radical (unpaired) electrons. The molecule has 2 unspecified atom stereocenters. The van der Waals surface area contributed by atoms with Crippen molar-refractivity contribution in [1.82, 2.24) is 0 Å². The Kier molecular flexibility index (Phi) is 3.49. The molecular weight excluding hydrogens is 270 g/mol. The molecule has 2 rings (SSSR count). The minimum Gasteiger partial charge on any atom is -0.482 e. The number of benzene rings is 1. The number of carbonyl (C=O) groups excluding carboxylic acids is 1. The number of carbonyl (C=O) groups is 1. The molecule has 0 aromatic heterocycles. The van der Waals surface area contributed by atoms with Gasteiger partial charge in [0.2, 0.25) is 0 Å². The van der Waals surface area contributed by atoms with E-state index in [1.807, 2.05) is 13.8 Å². The molecule has 6 heteroatoms. The van der Waals surface area contributed by atoms with Gasteiger partial charge in [0.25, 0.3) is 0 Å². The molecule has 19 heavy (non-hydrogen) atoms. The van der Waals surface area contributed by atoms with Crippen LogP contribution in [0.1, 0.15) is 26.7 Å². The van der Waals surface area contributed by atoms with Gasteiger partial charge in [0.15, 0.2) is 5.75 Å². The van der Waals surface area contributed by atoms with Crippen LogP contribution < -0.4 is 4.74 Å². The summed E-state index contributed by atoms with van der Waals surface area (Å²) in [6, 6.07) is 4.26. The maximum absolute atomic E-state index is 11.6. The van der Waals surface area contributed by atoms with Gasteiger partial charge >= 0.3 is 5.69 Å². The first kappa shape index (κ1) is 13.8. The highest BCUT2D eigenvalue weighted by atomic mass is 35.5. The highest BCUT2D eigenvalue weighted by molar-refractivity contribution is 6.30. The second-order valence-electron chi connectivity index (χ2n) is 4.87. The monoisotopic (exact) mass is 283 g/mol. The Balaban J connectivity index is 2.25. The summed E-state index contributed by atoms with van der Waals surface area (Å²) in [6.45, 7) is 3.73. The van der Waals surface area contributed by atoms with Crippen LogP contribution in [0, 0.1) is 15.5 Å². The van der Waals surface area contributed by atoms with Crippen LogP contribution in [0.3, 0.4) is 0 Å². The van der Waals surface area contributed by atoms with Crippen molar-refractivity contribution in [2.24, 2.45) is 5.41 Å². The molecule has 2 atom stereocenters. The number of rotatable bonds is 4. The number of nitro groups is 1. The van der Waals surface area contributed by atoms with Crippen LogP contribution in [0.2, 0.25) is 5.02 Å². The Morgan fingerprint density at radius 1 is 1.58 bits per heavy atom. The largest absolute Gasteiger partial charge is 0.482 e. The normalized spacial score (nSPS) is 25.8. The van der Waals surface area contributed by atoms with E-state index in [9.17, 15) is 14.9 Å². The number of hydrogen-bond acceptors (Lipinski definition) is 4. The molecule has 0 amide bonds. The van der Waals surface area contributed by atoms with Gasteiger partial charge in [0.1, 0.15) is 11.9 Å². The third-order valence-electron chi connectivity index (χ3n) is 3.84. The second-order valence-corrected chi connectivity index (χ2v) is 5.31. The number of ether oxygens (including phenoxy) is 1. The van der Waals surface area contributed by atoms with Crippen LogP contribution in [-0.4, -0.2) is 16.8 Å². The molecule has 0 N–H and O–H groups in total. The van der Waals surface area contributed by atoms with Crippen molar-refractivity contribution in [2.45, 2.75) is 32.8 Å². The molecule has 0 heterocycles. The van der Waals surface area contributed by atoms with Crippen molar-refractivity contribution in [3.05, 3.63) is 33.3 Å². The van der Waals surface area contributed by atoms with E-state index in [0.29, 0.717) is 12.8 Å². The Labute approximate surface area is 115 Å². The Hall–Kier alpha value is -1.62. The summed E-state index contributed by atoms with van der Waals surface area (Å²) in [7, 11) is 0. The smallest absolute Gasteiger partial charge is 0.312 e. The van der Waals surface area contributed by atoms with Gasteiger partial charge < -0.3 is 4.74 Å². The third kappa shape index (κ3) is 2.30. The average Bonchev–Trinajstić information content (AvgIpc) is 2.38. The number of halogens is 1. The van der Waals surface area contributed by atoms with Gasteiger partial charge in [-0.25, -0.2) is 0 Å². The van der Waals surface area contributed by atoms with E-state index in [2.05, 4.69) is 0 Å². The van der Waals surface area contributed by atoms with E-state index in [4.69, 9.17) is 16.3 Å². The molecule has 0 spiro atoms. The summed E-state index contributed by atoms with van der Waals surface area (Å²) in [5, 5.41) is 11.2. The molecule has 5 nitrogen and oxygen atoms in total. The first-order valence-corrected chi connectivity index (χ1v) is 6.40. The Morgan fingerprint density at radius 2 is 2.26 bits per heavy atom. The van der Waals surface area contributed by atoms with E-state index < -0.39 is 10.3 Å². The fourth-order valence-corrected chi connectivity index (χ4v) is 2.32. The molecular formula is C13H14ClNO4.